The molecule has 3 aromatic carbocycles. The third kappa shape index (κ3) is 3.55. The standard InChI is InChI=1S/C21H19NO5/c1-26-17-12-16(19(21(24)25)22-27-2)15-10-6-9-14(18(15)20(17)23)11-13-7-4-3-5-8-13/h3-10,12,23H,11H2,1-2H3,(H,24,25). The number of aromatic hydroxyl groups is 1. The monoisotopic (exact) mass is 365 g/mol. The molecule has 0 aliphatic rings. The molecule has 6 nitrogen and oxygen atoms in total. The van der Waals surface area contributed by atoms with E-state index in [0.717, 1.165) is 11.1 Å². The van der Waals surface area contributed by atoms with Gasteiger partial charge < -0.3 is 19.8 Å². The van der Waals surface area contributed by atoms with Crippen LogP contribution in [-0.4, -0.2) is 36.1 Å². The fraction of sp³-hybridized carbons (Fsp3) is 0.143. The predicted molar refractivity (Wildman–Crippen MR) is 103 cm³/mol. The molecule has 0 atom stereocenters. The highest BCUT2D eigenvalue weighted by Crippen LogP contribution is 2.40. The number of rotatable bonds is 6. The van der Waals surface area contributed by atoms with Gasteiger partial charge in [-0.2, -0.15) is 0 Å². The largest absolute Gasteiger partial charge is 0.504 e. The first kappa shape index (κ1) is 18.3. The van der Waals surface area contributed by atoms with Crippen LogP contribution in [0.15, 0.2) is 59.8 Å². The second kappa shape index (κ2) is 7.78. The number of oxime groups is 1. The zero-order chi connectivity index (χ0) is 19.4. The highest BCUT2D eigenvalue weighted by molar-refractivity contribution is 6.45. The fourth-order valence-electron chi connectivity index (χ4n) is 3.11. The Hall–Kier alpha value is -3.54. The van der Waals surface area contributed by atoms with Gasteiger partial charge in [0.15, 0.2) is 17.2 Å². The van der Waals surface area contributed by atoms with Crippen molar-refractivity contribution in [1.29, 1.82) is 0 Å². The third-order valence-corrected chi connectivity index (χ3v) is 4.28. The molecule has 27 heavy (non-hydrogen) atoms. The molecule has 0 saturated carbocycles. The number of benzene rings is 3. The van der Waals surface area contributed by atoms with Crippen molar-refractivity contribution in [2.75, 3.05) is 14.2 Å². The first-order valence-corrected chi connectivity index (χ1v) is 8.27. The van der Waals surface area contributed by atoms with E-state index in [2.05, 4.69) is 5.16 Å². The quantitative estimate of drug-likeness (QED) is 0.515. The van der Waals surface area contributed by atoms with Gasteiger partial charge in [0.05, 0.1) is 7.11 Å². The number of hydrogen-bond donors (Lipinski definition) is 2. The number of phenolic OH excluding ortho intramolecular Hbond substituents is 1. The van der Waals surface area contributed by atoms with Crippen LogP contribution in [0.25, 0.3) is 10.8 Å². The van der Waals surface area contributed by atoms with Crippen molar-refractivity contribution < 1.29 is 24.6 Å². The Balaban J connectivity index is 2.30. The SMILES string of the molecule is CON=C(C(=O)O)c1cc(OC)c(O)c2c(Cc3ccccc3)cccc12. The average Bonchev–Trinajstić information content (AvgIpc) is 2.67. The van der Waals surface area contributed by atoms with E-state index in [1.54, 1.807) is 6.07 Å². The number of fused-ring (bicyclic) bond motifs is 1. The topological polar surface area (TPSA) is 88.4 Å². The first-order chi connectivity index (χ1) is 13.1. The Bertz CT molecular complexity index is 1010. The molecule has 138 valence electrons. The summed E-state index contributed by atoms with van der Waals surface area (Å²) in [7, 11) is 2.70. The van der Waals surface area contributed by atoms with Crippen LogP contribution < -0.4 is 4.74 Å². The maximum absolute atomic E-state index is 11.7. The number of phenols is 1. The molecule has 0 heterocycles. The van der Waals surface area contributed by atoms with Crippen LogP contribution >= 0.6 is 0 Å². The first-order valence-electron chi connectivity index (χ1n) is 8.27. The van der Waals surface area contributed by atoms with Gasteiger partial charge >= 0.3 is 5.97 Å². The van der Waals surface area contributed by atoms with Crippen molar-refractivity contribution in [2.45, 2.75) is 6.42 Å². The Morgan fingerprint density at radius 1 is 1.07 bits per heavy atom. The molecule has 3 aromatic rings. The van der Waals surface area contributed by atoms with Crippen LogP contribution in [0, 0.1) is 0 Å². The van der Waals surface area contributed by atoms with E-state index < -0.39 is 5.97 Å². The summed E-state index contributed by atoms with van der Waals surface area (Å²) in [4.78, 5) is 16.4. The summed E-state index contributed by atoms with van der Waals surface area (Å²) < 4.78 is 5.27. The lowest BCUT2D eigenvalue weighted by molar-refractivity contribution is -0.129. The normalized spacial score (nSPS) is 11.4. The van der Waals surface area contributed by atoms with E-state index in [1.165, 1.54) is 20.3 Å². The molecule has 0 aromatic heterocycles. The number of carboxylic acid groups (broad SMARTS) is 1. The number of carboxylic acids is 1. The van der Waals surface area contributed by atoms with E-state index in [9.17, 15) is 15.0 Å². The summed E-state index contributed by atoms with van der Waals surface area (Å²) in [6, 6.07) is 16.7. The molecule has 0 aliphatic heterocycles. The zero-order valence-electron chi connectivity index (χ0n) is 15.0. The van der Waals surface area contributed by atoms with Gasteiger partial charge in [0.25, 0.3) is 0 Å². The van der Waals surface area contributed by atoms with Crippen molar-refractivity contribution in [3.63, 3.8) is 0 Å². The highest BCUT2D eigenvalue weighted by Gasteiger charge is 2.22. The van der Waals surface area contributed by atoms with Crippen LogP contribution in [0.3, 0.4) is 0 Å². The van der Waals surface area contributed by atoms with Crippen molar-refractivity contribution in [3.05, 3.63) is 71.3 Å². The number of hydrogen-bond acceptors (Lipinski definition) is 5. The van der Waals surface area contributed by atoms with Gasteiger partial charge in [-0.25, -0.2) is 4.79 Å². The van der Waals surface area contributed by atoms with Crippen LogP contribution in [0.2, 0.25) is 0 Å². The number of ether oxygens (including phenoxy) is 1. The van der Waals surface area contributed by atoms with E-state index in [4.69, 9.17) is 9.57 Å². The van der Waals surface area contributed by atoms with Crippen molar-refractivity contribution >= 4 is 22.5 Å². The lowest BCUT2D eigenvalue weighted by atomic mass is 9.93. The van der Waals surface area contributed by atoms with Crippen molar-refractivity contribution in [3.8, 4) is 11.5 Å². The molecule has 0 fully saturated rings. The molecule has 0 bridgehead atoms. The minimum atomic E-state index is -1.24. The maximum Gasteiger partial charge on any atom is 0.358 e. The summed E-state index contributed by atoms with van der Waals surface area (Å²) >= 11 is 0. The second-order valence-electron chi connectivity index (χ2n) is 5.90. The van der Waals surface area contributed by atoms with Gasteiger partial charge in [0, 0.05) is 10.9 Å². The van der Waals surface area contributed by atoms with Gasteiger partial charge in [0.1, 0.15) is 7.11 Å². The minimum Gasteiger partial charge on any atom is -0.504 e. The molecule has 3 rings (SSSR count). The molecule has 0 aliphatic carbocycles. The average molecular weight is 365 g/mol. The maximum atomic E-state index is 11.7. The van der Waals surface area contributed by atoms with Crippen LogP contribution in [0.4, 0.5) is 0 Å². The van der Waals surface area contributed by atoms with Gasteiger partial charge in [-0.15, -0.1) is 0 Å². The predicted octanol–water partition coefficient (Wildman–Crippen LogP) is 3.58. The molecule has 0 unspecified atom stereocenters. The second-order valence-corrected chi connectivity index (χ2v) is 5.90. The number of carbonyl (C=O) groups is 1. The zero-order valence-corrected chi connectivity index (χ0v) is 15.0. The lowest BCUT2D eigenvalue weighted by Crippen LogP contribution is -2.15. The van der Waals surface area contributed by atoms with Gasteiger partial charge in [0.2, 0.25) is 0 Å². The smallest absolute Gasteiger partial charge is 0.358 e. The summed E-state index contributed by atoms with van der Waals surface area (Å²) in [5.41, 5.74) is 1.96. The summed E-state index contributed by atoms with van der Waals surface area (Å²) in [5, 5.41) is 25.0. The lowest BCUT2D eigenvalue weighted by Gasteiger charge is -2.15. The number of aliphatic carboxylic acids is 1. The van der Waals surface area contributed by atoms with E-state index in [-0.39, 0.29) is 17.2 Å². The molecular formula is C21H19NO5. The van der Waals surface area contributed by atoms with E-state index in [0.29, 0.717) is 22.8 Å². The van der Waals surface area contributed by atoms with Crippen LogP contribution in [-0.2, 0) is 16.1 Å². The highest BCUT2D eigenvalue weighted by atomic mass is 16.6. The minimum absolute atomic E-state index is 0.0371. The molecule has 6 heteroatoms. The van der Waals surface area contributed by atoms with E-state index in [1.807, 2.05) is 42.5 Å². The molecule has 0 saturated heterocycles. The Morgan fingerprint density at radius 2 is 1.81 bits per heavy atom. The number of nitrogens with zero attached hydrogens (tertiary/aromatic N) is 1. The molecule has 2 N–H and O–H groups in total. The Labute approximate surface area is 156 Å². The van der Waals surface area contributed by atoms with Crippen molar-refractivity contribution in [1.82, 2.24) is 0 Å². The van der Waals surface area contributed by atoms with E-state index >= 15 is 0 Å². The van der Waals surface area contributed by atoms with Gasteiger partial charge in [-0.05, 0) is 29.0 Å². The number of methoxy groups -OCH3 is 1. The molecule has 0 radical (unpaired) electrons. The Kier molecular flexibility index (Phi) is 5.26. The summed E-state index contributed by atoms with van der Waals surface area (Å²) in [6.07, 6.45) is 0.572. The molecule has 0 amide bonds. The van der Waals surface area contributed by atoms with Crippen LogP contribution in [0.1, 0.15) is 16.7 Å². The third-order valence-electron chi connectivity index (χ3n) is 4.28. The van der Waals surface area contributed by atoms with Gasteiger partial charge in [-0.1, -0.05) is 53.7 Å². The molecular weight excluding hydrogens is 346 g/mol. The Morgan fingerprint density at radius 3 is 2.44 bits per heavy atom. The fourth-order valence-corrected chi connectivity index (χ4v) is 3.11. The summed E-state index contributed by atoms with van der Waals surface area (Å²) in [5.74, 6) is -1.10. The molecule has 0 spiro atoms. The van der Waals surface area contributed by atoms with Crippen LogP contribution in [0.5, 0.6) is 11.5 Å². The summed E-state index contributed by atoms with van der Waals surface area (Å²) in [6.45, 7) is 0. The van der Waals surface area contributed by atoms with Gasteiger partial charge in [-0.3, -0.25) is 0 Å². The van der Waals surface area contributed by atoms with Crippen molar-refractivity contribution in [2.24, 2.45) is 5.16 Å².